The quantitative estimate of drug-likeness (QED) is 0.719. The summed E-state index contributed by atoms with van der Waals surface area (Å²) in [7, 11) is 0. The van der Waals surface area contributed by atoms with Gasteiger partial charge in [-0.25, -0.2) is 0 Å². The molecular formula is C16H31N. The molecule has 17 heavy (non-hydrogen) atoms. The highest BCUT2D eigenvalue weighted by atomic mass is 14.9. The second-order valence-corrected chi connectivity index (χ2v) is 6.57. The van der Waals surface area contributed by atoms with Crippen molar-refractivity contribution in [2.24, 2.45) is 17.8 Å². The SMILES string of the molecule is CCNC1CCCCC(C2CCCC(C)C2)C1. The van der Waals surface area contributed by atoms with E-state index < -0.39 is 0 Å². The van der Waals surface area contributed by atoms with E-state index in [-0.39, 0.29) is 0 Å². The molecule has 2 saturated carbocycles. The zero-order valence-corrected chi connectivity index (χ0v) is 11.9. The Labute approximate surface area is 108 Å². The van der Waals surface area contributed by atoms with Crippen LogP contribution in [0.2, 0.25) is 0 Å². The standard InChI is InChI=1S/C16H31N/c1-3-17-16-10-5-4-8-15(12-16)14-9-6-7-13(2)11-14/h13-17H,3-12H2,1-2H3. The minimum atomic E-state index is 0.824. The molecule has 0 amide bonds. The Kier molecular flexibility index (Phi) is 5.34. The average Bonchev–Trinajstić information content (AvgIpc) is 2.55. The molecule has 4 atom stereocenters. The van der Waals surface area contributed by atoms with E-state index in [0.29, 0.717) is 0 Å². The van der Waals surface area contributed by atoms with E-state index in [1.807, 2.05) is 0 Å². The molecule has 0 aromatic heterocycles. The van der Waals surface area contributed by atoms with Crippen LogP contribution in [0.4, 0.5) is 0 Å². The lowest BCUT2D eigenvalue weighted by Gasteiger charge is -2.34. The summed E-state index contributed by atoms with van der Waals surface area (Å²) in [4.78, 5) is 0. The third kappa shape index (κ3) is 3.98. The highest BCUT2D eigenvalue weighted by Gasteiger charge is 2.29. The van der Waals surface area contributed by atoms with Crippen LogP contribution < -0.4 is 5.32 Å². The Morgan fingerprint density at radius 3 is 2.35 bits per heavy atom. The fraction of sp³-hybridized carbons (Fsp3) is 1.00. The number of hydrogen-bond donors (Lipinski definition) is 1. The molecule has 2 aliphatic carbocycles. The van der Waals surface area contributed by atoms with Gasteiger partial charge in [0, 0.05) is 6.04 Å². The summed E-state index contributed by atoms with van der Waals surface area (Å²) in [5, 5.41) is 3.70. The zero-order valence-electron chi connectivity index (χ0n) is 11.9. The molecule has 0 aliphatic heterocycles. The predicted octanol–water partition coefficient (Wildman–Crippen LogP) is 4.37. The Hall–Kier alpha value is -0.0400. The van der Waals surface area contributed by atoms with Crippen LogP contribution in [-0.4, -0.2) is 12.6 Å². The molecule has 0 radical (unpaired) electrons. The maximum Gasteiger partial charge on any atom is 0.00696 e. The Bertz CT molecular complexity index is 214. The van der Waals surface area contributed by atoms with Gasteiger partial charge in [-0.3, -0.25) is 0 Å². The van der Waals surface area contributed by atoms with Crippen LogP contribution in [0.25, 0.3) is 0 Å². The summed E-state index contributed by atoms with van der Waals surface area (Å²) in [5.41, 5.74) is 0. The molecule has 2 rings (SSSR count). The summed E-state index contributed by atoms with van der Waals surface area (Å²) in [6.07, 6.45) is 13.4. The van der Waals surface area contributed by atoms with Gasteiger partial charge < -0.3 is 5.32 Å². The van der Waals surface area contributed by atoms with Gasteiger partial charge >= 0.3 is 0 Å². The van der Waals surface area contributed by atoms with Gasteiger partial charge in [-0.2, -0.15) is 0 Å². The minimum Gasteiger partial charge on any atom is -0.314 e. The normalized spacial score (nSPS) is 39.9. The second kappa shape index (κ2) is 6.78. The van der Waals surface area contributed by atoms with Gasteiger partial charge in [-0.05, 0) is 43.6 Å². The molecule has 2 fully saturated rings. The fourth-order valence-electron chi connectivity index (χ4n) is 4.21. The van der Waals surface area contributed by atoms with E-state index in [1.165, 1.54) is 57.8 Å². The third-order valence-corrected chi connectivity index (χ3v) is 5.10. The van der Waals surface area contributed by atoms with Crippen molar-refractivity contribution in [1.29, 1.82) is 0 Å². The summed E-state index contributed by atoms with van der Waals surface area (Å²) in [6.45, 7) is 5.87. The first-order valence-electron chi connectivity index (χ1n) is 8.03. The molecule has 2 aliphatic rings. The molecule has 0 heterocycles. The fourth-order valence-corrected chi connectivity index (χ4v) is 4.21. The van der Waals surface area contributed by atoms with Gasteiger partial charge in [0.25, 0.3) is 0 Å². The van der Waals surface area contributed by atoms with E-state index in [4.69, 9.17) is 0 Å². The van der Waals surface area contributed by atoms with E-state index in [0.717, 1.165) is 30.3 Å². The molecule has 1 heteroatoms. The zero-order chi connectivity index (χ0) is 12.1. The van der Waals surface area contributed by atoms with E-state index in [2.05, 4.69) is 19.2 Å². The first-order valence-corrected chi connectivity index (χ1v) is 8.03. The van der Waals surface area contributed by atoms with Gasteiger partial charge in [0.2, 0.25) is 0 Å². The number of hydrogen-bond acceptors (Lipinski definition) is 1. The molecule has 0 saturated heterocycles. The molecule has 4 unspecified atom stereocenters. The van der Waals surface area contributed by atoms with Gasteiger partial charge in [-0.15, -0.1) is 0 Å². The van der Waals surface area contributed by atoms with E-state index in [1.54, 1.807) is 0 Å². The molecule has 0 aromatic rings. The first-order chi connectivity index (χ1) is 8.29. The van der Waals surface area contributed by atoms with E-state index >= 15 is 0 Å². The van der Waals surface area contributed by atoms with Gasteiger partial charge in [0.05, 0.1) is 0 Å². The number of nitrogens with one attached hydrogen (secondary N) is 1. The molecule has 0 bridgehead atoms. The van der Waals surface area contributed by atoms with Crippen molar-refractivity contribution >= 4 is 0 Å². The van der Waals surface area contributed by atoms with Crippen molar-refractivity contribution < 1.29 is 0 Å². The maximum absolute atomic E-state index is 3.70. The third-order valence-electron chi connectivity index (χ3n) is 5.10. The Morgan fingerprint density at radius 1 is 0.882 bits per heavy atom. The predicted molar refractivity (Wildman–Crippen MR) is 75.2 cm³/mol. The van der Waals surface area contributed by atoms with Crippen LogP contribution in [0.15, 0.2) is 0 Å². The van der Waals surface area contributed by atoms with Gasteiger partial charge in [0.15, 0.2) is 0 Å². The smallest absolute Gasteiger partial charge is 0.00696 e. The Balaban J connectivity index is 1.88. The first kappa shape index (κ1) is 13.4. The van der Waals surface area contributed by atoms with Crippen molar-refractivity contribution in [2.75, 3.05) is 6.54 Å². The number of rotatable bonds is 3. The Morgan fingerprint density at radius 2 is 1.59 bits per heavy atom. The van der Waals surface area contributed by atoms with Crippen LogP contribution in [0, 0.1) is 17.8 Å². The lowest BCUT2D eigenvalue weighted by molar-refractivity contribution is 0.180. The monoisotopic (exact) mass is 237 g/mol. The molecule has 0 spiro atoms. The largest absolute Gasteiger partial charge is 0.314 e. The van der Waals surface area contributed by atoms with Crippen molar-refractivity contribution in [3.8, 4) is 0 Å². The summed E-state index contributed by atoms with van der Waals surface area (Å²) in [6, 6.07) is 0.824. The molecule has 100 valence electrons. The van der Waals surface area contributed by atoms with Crippen LogP contribution in [0.5, 0.6) is 0 Å². The highest BCUT2D eigenvalue weighted by Crippen LogP contribution is 2.39. The van der Waals surface area contributed by atoms with Crippen LogP contribution >= 0.6 is 0 Å². The molecule has 1 N–H and O–H groups in total. The molecule has 1 nitrogen and oxygen atoms in total. The lowest BCUT2D eigenvalue weighted by Crippen LogP contribution is -2.32. The summed E-state index contributed by atoms with van der Waals surface area (Å²) >= 11 is 0. The topological polar surface area (TPSA) is 12.0 Å². The summed E-state index contributed by atoms with van der Waals surface area (Å²) in [5.74, 6) is 3.08. The highest BCUT2D eigenvalue weighted by molar-refractivity contribution is 4.83. The van der Waals surface area contributed by atoms with Crippen molar-refractivity contribution in [3.05, 3.63) is 0 Å². The van der Waals surface area contributed by atoms with Crippen molar-refractivity contribution in [1.82, 2.24) is 5.32 Å². The lowest BCUT2D eigenvalue weighted by atomic mass is 9.73. The maximum atomic E-state index is 3.70. The average molecular weight is 237 g/mol. The molecule has 0 aromatic carbocycles. The second-order valence-electron chi connectivity index (χ2n) is 6.57. The van der Waals surface area contributed by atoms with Crippen LogP contribution in [0.3, 0.4) is 0 Å². The van der Waals surface area contributed by atoms with Gasteiger partial charge in [-0.1, -0.05) is 52.4 Å². The molecular weight excluding hydrogens is 206 g/mol. The van der Waals surface area contributed by atoms with Crippen molar-refractivity contribution in [3.63, 3.8) is 0 Å². The van der Waals surface area contributed by atoms with Crippen LogP contribution in [-0.2, 0) is 0 Å². The minimum absolute atomic E-state index is 0.824. The summed E-state index contributed by atoms with van der Waals surface area (Å²) < 4.78 is 0. The van der Waals surface area contributed by atoms with Gasteiger partial charge in [0.1, 0.15) is 0 Å². The van der Waals surface area contributed by atoms with Crippen LogP contribution in [0.1, 0.15) is 71.6 Å². The van der Waals surface area contributed by atoms with E-state index in [9.17, 15) is 0 Å². The van der Waals surface area contributed by atoms with Crippen molar-refractivity contribution in [2.45, 2.75) is 77.7 Å².